The molecule has 9 heterocycles. The number of benzene rings is 4. The number of imidazole rings is 4. The van der Waals surface area contributed by atoms with Crippen LogP contribution in [-0.2, 0) is 65.3 Å². The van der Waals surface area contributed by atoms with E-state index in [1.165, 1.54) is 6.42 Å². The molecule has 8 bridgehead atoms. The molecule has 412 valence electrons. The van der Waals surface area contributed by atoms with Crippen LogP contribution in [0.1, 0.15) is 114 Å². The molecule has 21 heteroatoms. The molecule has 0 atom stereocenters. The van der Waals surface area contributed by atoms with Crippen molar-refractivity contribution in [3.63, 3.8) is 0 Å². The third kappa shape index (κ3) is 8.72. The van der Waals surface area contributed by atoms with E-state index < -0.39 is 0 Å². The van der Waals surface area contributed by atoms with Crippen LogP contribution in [0.3, 0.4) is 0 Å². The quantitative estimate of drug-likeness (QED) is 0.100. The summed E-state index contributed by atoms with van der Waals surface area (Å²) >= 11 is 0. The fourth-order valence-corrected chi connectivity index (χ4v) is 11.8. The third-order valence-electron chi connectivity index (χ3n) is 15.1. The normalized spacial score (nSPS) is 12.1. The van der Waals surface area contributed by atoms with Crippen molar-refractivity contribution in [2.75, 3.05) is 0 Å². The molecule has 11 aromatic rings. The summed E-state index contributed by atoms with van der Waals surface area (Å²) in [6.07, 6.45) is 6.49. The molecule has 1 N–H and O–H groups in total. The van der Waals surface area contributed by atoms with Crippen LogP contribution in [0.5, 0.6) is 0 Å². The Morgan fingerprint density at radius 2 is 0.593 bits per heavy atom. The van der Waals surface area contributed by atoms with Gasteiger partial charge in [0.2, 0.25) is 0 Å². The molecule has 4 aromatic carbocycles. The molecular formula is C60H66N16O4Zn. The van der Waals surface area contributed by atoms with E-state index in [4.69, 9.17) is 39.9 Å². The van der Waals surface area contributed by atoms with Crippen molar-refractivity contribution in [3.05, 3.63) is 90.5 Å². The molecule has 20 nitrogen and oxygen atoms in total. The van der Waals surface area contributed by atoms with Gasteiger partial charge in [-0.1, -0.05) is 68.7 Å². The SMILES string of the molecule is CCC.CCCn1c(=O)[nH]c2cc3c(cc21)-c1nc-3nc2[n-]c(nc3nc(nc4[n-]c(n1)c1cc5c(cc41)n(CCC)c(=O)n5CCC)-c1cc4c(cc1-3)n(CCC)c(=O)n4CCC)c1cc3c(cc21)n(CCC)c(=O)n3CCC.[Zn+2]. The van der Waals surface area contributed by atoms with E-state index in [2.05, 4.69) is 60.4 Å². The van der Waals surface area contributed by atoms with Crippen LogP contribution in [0.25, 0.3) is 134 Å². The predicted octanol–water partition coefficient (Wildman–Crippen LogP) is 10.4. The molecule has 0 saturated heterocycles. The van der Waals surface area contributed by atoms with Crippen molar-refractivity contribution in [1.82, 2.24) is 76.8 Å². The molecule has 0 fully saturated rings. The minimum absolute atomic E-state index is 0. The number of fused-ring (bicyclic) bond motifs is 24. The number of aryl methyl sites for hydroxylation is 7. The van der Waals surface area contributed by atoms with Crippen LogP contribution in [0.2, 0.25) is 0 Å². The standard InChI is InChI=1S/C57H59N16O4.C3H8.Zn/c1-8-15-67-39-23-31-30(22-38(39)58-54(67)74)46-59-47(31)61-49-34-26-42-43(71(19-12-5)56(76)70(42)18-11-4)27-35(34)51(63-49)65-53-37-29-45-44(72(20-13-6)57(77)73(45)21-14-7)28-36(37)52(66-53)64-50-33-25-41-40(24-32(33)48(60-46)62-50)68(16-9-2)55(75)69(41)17-10-3;1-3-2;/h22-29H,8-21H2,1-7H3,(H2-,58,59,60,61,62,63,64,65,66,74);3H2,1-2H3;/q-1;;+2/p-1. The second-order valence-corrected chi connectivity index (χ2v) is 21.1. The Hall–Kier alpha value is -8.06. The van der Waals surface area contributed by atoms with Crippen molar-refractivity contribution in [3.8, 4) is 45.6 Å². The van der Waals surface area contributed by atoms with Crippen molar-refractivity contribution >= 4 is 88.3 Å². The number of aromatic nitrogens is 16. The number of hydrogen-bond donors (Lipinski definition) is 1. The minimum Gasteiger partial charge on any atom is -0.357 e. The van der Waals surface area contributed by atoms with Gasteiger partial charge in [-0.25, -0.2) is 29.1 Å². The van der Waals surface area contributed by atoms with Crippen LogP contribution < -0.4 is 32.7 Å². The Morgan fingerprint density at radius 1 is 0.346 bits per heavy atom. The van der Waals surface area contributed by atoms with E-state index in [0.29, 0.717) is 147 Å². The van der Waals surface area contributed by atoms with Crippen LogP contribution in [0.15, 0.2) is 67.7 Å². The molecular weight excluding hydrogens is 1070 g/mol. The van der Waals surface area contributed by atoms with Crippen LogP contribution in [0, 0.1) is 0 Å². The number of hydrogen-bond acceptors (Lipinski definition) is 10. The molecule has 81 heavy (non-hydrogen) atoms. The van der Waals surface area contributed by atoms with Crippen molar-refractivity contribution in [2.45, 2.75) is 159 Å². The zero-order chi connectivity index (χ0) is 55.8. The van der Waals surface area contributed by atoms with Gasteiger partial charge in [0.1, 0.15) is 0 Å². The van der Waals surface area contributed by atoms with E-state index in [9.17, 15) is 19.2 Å². The van der Waals surface area contributed by atoms with E-state index in [1.54, 1.807) is 4.57 Å². The van der Waals surface area contributed by atoms with E-state index in [0.717, 1.165) is 78.0 Å². The Bertz CT molecular complexity index is 4740. The van der Waals surface area contributed by atoms with Crippen molar-refractivity contribution < 1.29 is 19.5 Å². The number of nitrogens with one attached hydrogen (secondary N) is 1. The first-order chi connectivity index (χ1) is 38.9. The maximum absolute atomic E-state index is 14.2. The van der Waals surface area contributed by atoms with Gasteiger partial charge in [-0.2, -0.15) is 0 Å². The maximum Gasteiger partial charge on any atom is 2.00 e. The van der Waals surface area contributed by atoms with Crippen molar-refractivity contribution in [1.29, 1.82) is 0 Å². The fraction of sp³-hybridized carbons (Fsp3) is 0.400. The van der Waals surface area contributed by atoms with Gasteiger partial charge < -0.3 is 34.9 Å². The third-order valence-corrected chi connectivity index (χ3v) is 15.1. The first kappa shape index (κ1) is 54.9. The molecule has 0 amide bonds. The molecule has 7 aromatic heterocycles. The summed E-state index contributed by atoms with van der Waals surface area (Å²) in [5.41, 5.74) is 9.23. The maximum atomic E-state index is 14.2. The molecule has 0 aliphatic carbocycles. The van der Waals surface area contributed by atoms with Gasteiger partial charge >= 0.3 is 42.2 Å². The summed E-state index contributed by atoms with van der Waals surface area (Å²) in [6, 6.07) is 15.8. The first-order valence-corrected chi connectivity index (χ1v) is 28.7. The Kier molecular flexibility index (Phi) is 14.8. The number of nitrogens with zero attached hydrogens (tertiary/aromatic N) is 15. The van der Waals surface area contributed by atoms with Gasteiger partial charge in [-0.05, 0) is 115 Å². The monoisotopic (exact) mass is 1140 g/mol. The van der Waals surface area contributed by atoms with Gasteiger partial charge in [0.05, 0.1) is 67.4 Å². The van der Waals surface area contributed by atoms with Gasteiger partial charge in [-0.3, -0.25) is 32.0 Å². The van der Waals surface area contributed by atoms with Crippen LogP contribution >= 0.6 is 0 Å². The average Bonchev–Trinajstić information content (AvgIpc) is 3.53. The molecule has 0 unspecified atom stereocenters. The van der Waals surface area contributed by atoms with E-state index in [1.807, 2.05) is 82.9 Å². The summed E-state index contributed by atoms with van der Waals surface area (Å²) in [7, 11) is 0. The summed E-state index contributed by atoms with van der Waals surface area (Å²) in [5.74, 6) is 1.27. The van der Waals surface area contributed by atoms with Gasteiger partial charge in [0.25, 0.3) is 0 Å². The Morgan fingerprint density at radius 3 is 0.877 bits per heavy atom. The molecule has 0 spiro atoms. The average molecular weight is 1140 g/mol. The minimum atomic E-state index is -0.225. The molecule has 13 rings (SSSR count). The Balaban J connectivity index is 0.00000169. The van der Waals surface area contributed by atoms with Gasteiger partial charge in [0, 0.05) is 90.7 Å². The smallest absolute Gasteiger partial charge is 0.357 e. The second kappa shape index (κ2) is 21.8. The summed E-state index contributed by atoms with van der Waals surface area (Å²) in [6.45, 7) is 22.2. The topological polar surface area (TPSA) is 224 Å². The van der Waals surface area contributed by atoms with E-state index in [-0.39, 0.29) is 42.2 Å². The molecule has 2 aliphatic heterocycles. The zero-order valence-electron chi connectivity index (χ0n) is 47.8. The number of aromatic amines is 1. The fourth-order valence-electron chi connectivity index (χ4n) is 11.8. The number of rotatable bonds is 14. The zero-order valence-corrected chi connectivity index (χ0v) is 50.7. The molecule has 0 saturated carbocycles. The van der Waals surface area contributed by atoms with Gasteiger partial charge in [-0.15, -0.1) is 0 Å². The summed E-state index contributed by atoms with van der Waals surface area (Å²) < 4.78 is 12.7. The second-order valence-electron chi connectivity index (χ2n) is 21.1. The summed E-state index contributed by atoms with van der Waals surface area (Å²) in [4.78, 5) is 101. The van der Waals surface area contributed by atoms with Crippen LogP contribution in [0.4, 0.5) is 0 Å². The summed E-state index contributed by atoms with van der Waals surface area (Å²) in [5, 5.41) is 2.61. The molecule has 0 radical (unpaired) electrons. The predicted molar refractivity (Wildman–Crippen MR) is 317 cm³/mol. The van der Waals surface area contributed by atoms with Gasteiger partial charge in [0.15, 0.2) is 0 Å². The van der Waals surface area contributed by atoms with Crippen molar-refractivity contribution in [2.24, 2.45) is 0 Å². The first-order valence-electron chi connectivity index (χ1n) is 28.7. The van der Waals surface area contributed by atoms with E-state index >= 15 is 0 Å². The largest absolute Gasteiger partial charge is 2.00 e. The Labute approximate surface area is 477 Å². The molecule has 2 aliphatic rings. The number of H-pyrrole nitrogens is 1. The van der Waals surface area contributed by atoms with Crippen LogP contribution in [-0.4, -0.2) is 66.9 Å².